The van der Waals surface area contributed by atoms with E-state index in [1.54, 1.807) is 29.2 Å². The second kappa shape index (κ2) is 25.0. The monoisotopic (exact) mass is 895 g/mol. The van der Waals surface area contributed by atoms with Crippen LogP contribution < -0.4 is 9.80 Å². The Morgan fingerprint density at radius 3 is 1.40 bits per heavy atom. The van der Waals surface area contributed by atoms with Crippen LogP contribution in [-0.4, -0.2) is 109 Å². The van der Waals surface area contributed by atoms with Gasteiger partial charge < -0.3 is 29.5 Å². The molecular weight excluding hydrogens is 849 g/mol. The third-order valence-corrected chi connectivity index (χ3v) is 9.82. The van der Waals surface area contributed by atoms with Gasteiger partial charge in [-0.1, -0.05) is 23.2 Å². The number of carbonyl (C=O) groups excluding carboxylic acids is 2. The number of non-ortho nitro benzene ring substituents is 2. The first-order valence-electron chi connectivity index (χ1n) is 19.5. The summed E-state index contributed by atoms with van der Waals surface area (Å²) in [6.45, 7) is 6.14. The Hall–Kier alpha value is -6.12. The zero-order valence-corrected chi connectivity index (χ0v) is 35.6. The number of halogens is 2. The molecule has 0 spiro atoms. The molecule has 0 aliphatic carbocycles. The fourth-order valence-corrected chi connectivity index (χ4v) is 6.26. The minimum atomic E-state index is -1.07. The summed E-state index contributed by atoms with van der Waals surface area (Å²) >= 11 is 12.2. The van der Waals surface area contributed by atoms with E-state index in [1.165, 1.54) is 36.4 Å². The van der Waals surface area contributed by atoms with Crippen molar-refractivity contribution < 1.29 is 39.1 Å². The van der Waals surface area contributed by atoms with Crippen LogP contribution in [0.4, 0.5) is 45.5 Å². The molecule has 62 heavy (non-hydrogen) atoms. The van der Waals surface area contributed by atoms with Crippen LogP contribution in [0, 0.1) is 20.2 Å². The summed E-state index contributed by atoms with van der Waals surface area (Å²) in [7, 11) is 0. The van der Waals surface area contributed by atoms with Crippen molar-refractivity contribution in [3.05, 3.63) is 115 Å². The van der Waals surface area contributed by atoms with E-state index in [9.17, 15) is 40.0 Å². The van der Waals surface area contributed by atoms with Gasteiger partial charge in [0.2, 0.25) is 0 Å². The van der Waals surface area contributed by atoms with E-state index >= 15 is 0 Å². The number of nitro benzene ring substituents is 2. The average molecular weight is 897 g/mol. The molecule has 0 bridgehead atoms. The zero-order valence-electron chi connectivity index (χ0n) is 34.1. The van der Waals surface area contributed by atoms with Gasteiger partial charge in [-0.3, -0.25) is 34.7 Å². The molecule has 4 aromatic carbocycles. The molecule has 4 rings (SSSR count). The summed E-state index contributed by atoms with van der Waals surface area (Å²) in [5.41, 5.74) is 3.08. The number of benzene rings is 4. The van der Waals surface area contributed by atoms with Gasteiger partial charge in [0.15, 0.2) is 0 Å². The third-order valence-electron chi connectivity index (χ3n) is 9.22. The molecule has 330 valence electrons. The summed E-state index contributed by atoms with van der Waals surface area (Å²) in [4.78, 5) is 51.9. The van der Waals surface area contributed by atoms with E-state index in [-0.39, 0.29) is 67.1 Å². The van der Waals surface area contributed by atoms with Crippen molar-refractivity contribution in [1.29, 1.82) is 0 Å². The standard InChI is InChI=1S/C41H47Cl2N9O10/c1-3-49(31-9-5-29(6-10-31)44-46-38-15-13-33(51(57)58)25-36(38)42)21-23-61-40(55)17-19-48(27-35(54)28-53)20-18-41(56)62-24-22-50(4-2)32-11-7-30(8-12-32)45-47-39-16-14-34(52(59)60)26-37(39)43/h5-16,25-26,35,53-54H,3-4,17-24,27-28H2,1-2H3. The number of hydrogen-bond acceptors (Lipinski definition) is 17. The van der Waals surface area contributed by atoms with Crippen LogP contribution in [0.3, 0.4) is 0 Å². The number of hydrogen-bond donors (Lipinski definition) is 2. The second-order valence-corrected chi connectivity index (χ2v) is 14.3. The molecule has 0 saturated carbocycles. The van der Waals surface area contributed by atoms with Gasteiger partial charge >= 0.3 is 11.9 Å². The van der Waals surface area contributed by atoms with Gasteiger partial charge in [-0.05, 0) is 74.5 Å². The molecule has 1 atom stereocenters. The van der Waals surface area contributed by atoms with E-state index in [1.807, 2.05) is 47.9 Å². The number of carbonyl (C=O) groups is 2. The van der Waals surface area contributed by atoms with Crippen LogP contribution in [0.1, 0.15) is 26.7 Å². The van der Waals surface area contributed by atoms with Crippen LogP contribution >= 0.6 is 23.2 Å². The number of aliphatic hydroxyl groups excluding tert-OH is 2. The lowest BCUT2D eigenvalue weighted by Crippen LogP contribution is -2.37. The molecule has 19 nitrogen and oxygen atoms in total. The Labute approximate surface area is 367 Å². The quantitative estimate of drug-likeness (QED) is 0.0275. The number of azo groups is 2. The fourth-order valence-electron chi connectivity index (χ4n) is 5.84. The van der Waals surface area contributed by atoms with Crippen molar-refractivity contribution in [2.45, 2.75) is 32.8 Å². The molecule has 0 fully saturated rings. The molecular formula is C41H47Cl2N9O10. The Morgan fingerprint density at radius 1 is 0.661 bits per heavy atom. The van der Waals surface area contributed by atoms with Crippen molar-refractivity contribution in [1.82, 2.24) is 4.90 Å². The molecule has 0 aliphatic rings. The maximum Gasteiger partial charge on any atom is 0.307 e. The normalized spacial score (nSPS) is 11.9. The molecule has 0 aliphatic heterocycles. The SMILES string of the molecule is CCN(CCOC(=O)CCN(CCC(=O)OCCN(CC)c1ccc(N=Nc2ccc([N+](=O)[O-])cc2Cl)cc1)CC(O)CO)c1ccc(N=Nc2ccc([N+](=O)[O-])cc2Cl)cc1. The lowest BCUT2D eigenvalue weighted by Gasteiger charge is -2.25. The van der Waals surface area contributed by atoms with Crippen LogP contribution in [0.5, 0.6) is 0 Å². The Kier molecular flexibility index (Phi) is 19.6. The summed E-state index contributed by atoms with van der Waals surface area (Å²) < 4.78 is 11.0. The Morgan fingerprint density at radius 2 is 1.06 bits per heavy atom. The van der Waals surface area contributed by atoms with Crippen LogP contribution in [0.2, 0.25) is 10.0 Å². The van der Waals surface area contributed by atoms with Gasteiger partial charge in [0, 0.05) is 68.4 Å². The highest BCUT2D eigenvalue weighted by atomic mass is 35.5. The van der Waals surface area contributed by atoms with Crippen molar-refractivity contribution >= 4 is 80.6 Å². The van der Waals surface area contributed by atoms with E-state index < -0.39 is 34.5 Å². The van der Waals surface area contributed by atoms with Gasteiger partial charge in [-0.15, -0.1) is 10.2 Å². The highest BCUT2D eigenvalue weighted by molar-refractivity contribution is 6.33. The number of aliphatic hydroxyl groups is 2. The number of ether oxygens (including phenoxy) is 2. The highest BCUT2D eigenvalue weighted by Crippen LogP contribution is 2.32. The van der Waals surface area contributed by atoms with E-state index in [2.05, 4.69) is 20.5 Å². The van der Waals surface area contributed by atoms with Crippen molar-refractivity contribution in [3.8, 4) is 0 Å². The predicted molar refractivity (Wildman–Crippen MR) is 234 cm³/mol. The van der Waals surface area contributed by atoms with E-state index in [0.29, 0.717) is 48.9 Å². The molecule has 2 N–H and O–H groups in total. The average Bonchev–Trinajstić information content (AvgIpc) is 3.27. The first-order valence-corrected chi connectivity index (χ1v) is 20.3. The van der Waals surface area contributed by atoms with Gasteiger partial charge in [0.25, 0.3) is 11.4 Å². The number of nitro groups is 2. The smallest absolute Gasteiger partial charge is 0.307 e. The number of anilines is 2. The molecule has 0 heterocycles. The van der Waals surface area contributed by atoms with Gasteiger partial charge in [-0.2, -0.15) is 10.2 Å². The first kappa shape index (κ1) is 48.5. The zero-order chi connectivity index (χ0) is 45.0. The molecule has 0 aromatic heterocycles. The summed E-state index contributed by atoms with van der Waals surface area (Å²) in [5, 5.41) is 58.1. The predicted octanol–water partition coefficient (Wildman–Crippen LogP) is 8.52. The number of esters is 2. The van der Waals surface area contributed by atoms with Gasteiger partial charge in [0.05, 0.1) is 69.9 Å². The molecule has 4 aromatic rings. The van der Waals surface area contributed by atoms with E-state index in [0.717, 1.165) is 11.4 Å². The highest BCUT2D eigenvalue weighted by Gasteiger charge is 2.17. The molecule has 21 heteroatoms. The van der Waals surface area contributed by atoms with Gasteiger partial charge in [0.1, 0.15) is 24.6 Å². The van der Waals surface area contributed by atoms with Crippen molar-refractivity contribution in [3.63, 3.8) is 0 Å². The topological polar surface area (TPSA) is 238 Å². The largest absolute Gasteiger partial charge is 0.464 e. The minimum Gasteiger partial charge on any atom is -0.464 e. The Bertz CT molecular complexity index is 2030. The summed E-state index contributed by atoms with van der Waals surface area (Å²) in [5.74, 6) is -0.921. The number of likely N-dealkylation sites (N-methyl/N-ethyl adjacent to an activating group) is 2. The van der Waals surface area contributed by atoms with E-state index in [4.69, 9.17) is 32.7 Å². The molecule has 0 saturated heterocycles. The lowest BCUT2D eigenvalue weighted by molar-refractivity contribution is -0.385. The first-order chi connectivity index (χ1) is 29.8. The molecule has 1 unspecified atom stereocenters. The molecule has 0 amide bonds. The minimum absolute atomic E-state index is 0.00574. The van der Waals surface area contributed by atoms with Gasteiger partial charge in [-0.25, -0.2) is 0 Å². The molecule has 0 radical (unpaired) electrons. The van der Waals surface area contributed by atoms with Crippen molar-refractivity contribution in [2.24, 2.45) is 20.5 Å². The number of nitrogens with zero attached hydrogens (tertiary/aromatic N) is 9. The van der Waals surface area contributed by atoms with Crippen molar-refractivity contribution in [2.75, 3.05) is 75.4 Å². The lowest BCUT2D eigenvalue weighted by atomic mass is 10.2. The van der Waals surface area contributed by atoms with Crippen LogP contribution in [0.15, 0.2) is 105 Å². The Balaban J connectivity index is 1.18. The maximum atomic E-state index is 12.7. The fraction of sp³-hybridized carbons (Fsp3) is 0.366. The second-order valence-electron chi connectivity index (χ2n) is 13.5. The summed E-state index contributed by atoms with van der Waals surface area (Å²) in [6, 6.07) is 22.2. The van der Waals surface area contributed by atoms with Crippen LogP contribution in [-0.2, 0) is 19.1 Å². The third kappa shape index (κ3) is 15.7. The maximum absolute atomic E-state index is 12.7. The number of rotatable bonds is 25. The van der Waals surface area contributed by atoms with Crippen LogP contribution in [0.25, 0.3) is 0 Å². The summed E-state index contributed by atoms with van der Waals surface area (Å²) in [6.07, 6.45) is -1.08.